The molecule has 0 aromatic heterocycles. The number of hydrogen-bond acceptors (Lipinski definition) is 28. The molecule has 1 aliphatic rings. The first-order valence-electron chi connectivity index (χ1n) is 44.4. The Morgan fingerprint density at radius 2 is 0.649 bits per heavy atom. The number of aryl methyl sites for hydroxylation is 1. The van der Waals surface area contributed by atoms with Crippen LogP contribution in [0, 0.1) is 17.8 Å². The Morgan fingerprint density at radius 1 is 0.343 bits per heavy atom. The maximum absolute atomic E-state index is 12.3. The number of nitrogens with two attached hydrogens (primary N) is 1. The summed E-state index contributed by atoms with van der Waals surface area (Å²) in [5.74, 6) is -3.96. The Kier molecular flexibility index (Phi) is 48.9. The van der Waals surface area contributed by atoms with Gasteiger partial charge in [-0.2, -0.15) is 0 Å². The van der Waals surface area contributed by atoms with Gasteiger partial charge in [0.25, 0.3) is 0 Å². The SMILES string of the molecule is CC(C(=O)c1ccc(O)c(O)c1)N1CCCCC1.CC(C)CCC(=O)c1ccc(O)c(O)c1.CC(CCC(=O)c1ccc(O)c(O)c1)Cc1ccccc1.CCC(C)CCC(=O)c1ccc(O)c(O)c1.CCCC(=O)c1ccc(O)c(O)c1.CN(C)CC(=O)c1ccc(O)c(O)c1.CN[C@@H](C(N)=O)C(=O)c1ccc(O)c(O)c1.O=C(CCCCCc1ccccc1)c1ccc(O)c(O)c1. The molecule has 0 saturated carbocycles. The van der Waals surface area contributed by atoms with Crippen molar-refractivity contribution in [1.82, 2.24) is 15.1 Å². The summed E-state index contributed by atoms with van der Waals surface area (Å²) < 4.78 is 0. The molecule has 1 aliphatic heterocycles. The van der Waals surface area contributed by atoms with Gasteiger partial charge in [0.2, 0.25) is 5.91 Å². The number of benzene rings is 10. The van der Waals surface area contributed by atoms with Crippen molar-refractivity contribution in [2.75, 3.05) is 40.8 Å². The topological polar surface area (TPSA) is 522 Å². The van der Waals surface area contributed by atoms with Gasteiger partial charge in [-0.3, -0.25) is 48.1 Å². The number of nitrogens with one attached hydrogen (secondary N) is 1. The lowest BCUT2D eigenvalue weighted by molar-refractivity contribution is -0.118. The highest BCUT2D eigenvalue weighted by atomic mass is 16.3. The van der Waals surface area contributed by atoms with Crippen molar-refractivity contribution in [3.8, 4) is 92.0 Å². The number of phenols is 16. The molecule has 10 aromatic rings. The van der Waals surface area contributed by atoms with Crippen LogP contribution < -0.4 is 11.1 Å². The fourth-order valence-electron chi connectivity index (χ4n) is 13.1. The Morgan fingerprint density at radius 3 is 0.970 bits per heavy atom. The van der Waals surface area contributed by atoms with Crippen LogP contribution in [0.5, 0.6) is 92.0 Å². The minimum Gasteiger partial charge on any atom is -0.504 e. The number of aromatic hydroxyl groups is 16. The second-order valence-electron chi connectivity index (χ2n) is 33.1. The second-order valence-corrected chi connectivity index (χ2v) is 33.1. The summed E-state index contributed by atoms with van der Waals surface area (Å²) in [6.07, 6.45) is 15.1. The average Bonchev–Trinajstić information content (AvgIpc) is 0.839. The number of amides is 1. The average molecular weight is 1850 g/mol. The summed E-state index contributed by atoms with van der Waals surface area (Å²) in [6.45, 7) is 16.5. The van der Waals surface area contributed by atoms with Crippen molar-refractivity contribution in [2.24, 2.45) is 23.5 Å². The normalized spacial score (nSPS) is 12.2. The third kappa shape index (κ3) is 40.2. The number of piperidine rings is 1. The van der Waals surface area contributed by atoms with Gasteiger partial charge in [-0.25, -0.2) is 0 Å². The van der Waals surface area contributed by atoms with Crippen LogP contribution in [-0.2, 0) is 17.6 Å². The van der Waals surface area contributed by atoms with Crippen molar-refractivity contribution in [2.45, 2.75) is 176 Å². The lowest BCUT2D eigenvalue weighted by Crippen LogP contribution is -2.45. The molecule has 1 heterocycles. The van der Waals surface area contributed by atoms with Crippen LogP contribution in [-0.4, -0.2) is 197 Å². The molecule has 0 spiro atoms. The minimum absolute atomic E-state index is 0.000926. The standard InChI is InChI=1S/2C18H20O3.C14H19NO3.C13H18O3.C12H16O3.C10H12N2O4.C10H13NO3.C10H12O3/c1-13(11-14-5-3-2-4-6-14)7-9-16(19)15-8-10-17(20)18(21)12-15;19-16(15-11-12-17(20)18(21)13-15)10-6-2-5-9-14-7-3-1-4-8-14;1-10(15-7-3-2-4-8-15)14(18)11-5-6-12(16)13(17)9-11;1-3-9(2)4-6-11(14)10-5-7-12(15)13(16)8-10;1-8(2)3-5-10(13)9-4-6-11(14)12(15)7-9;1-12-8(10(11)16)9(15)5-2-3-6(13)7(14)4-5;1-11(2)6-10(14)7-3-4-8(12)9(13)5-7;1-2-3-8(11)7-4-5-9(12)10(13)6-7/h2-6,8,10,12-13,20-21H,7,9,11H2,1H3;1,3-4,7-8,11-13,20-21H,2,5-6,9-10H2;5-6,9-10,16-17H,2-4,7-8H2,1H3;5,7-9,15-16H,3-4,6H2,1-2H3;4,6-8,14-15H,3,5H2,1-2H3;2-4,8,12-14H,1H3,(H2,11,16);3-5,12-13H,6H2,1-2H3;4-6,12-13H,2-3H2,1H3/t;;;;;8-;;/m.....1../s1. The Labute approximate surface area is 782 Å². The number of Topliss-reactive ketones (excluding diaryl/α,β-unsaturated/α-hetero) is 8. The quantitative estimate of drug-likeness (QED) is 0.00759. The number of rotatable bonds is 35. The zero-order chi connectivity index (χ0) is 99.8. The molecule has 0 aliphatic carbocycles. The molecule has 1 fully saturated rings. The highest BCUT2D eigenvalue weighted by molar-refractivity contribution is 6.13. The number of primary amides is 1. The summed E-state index contributed by atoms with van der Waals surface area (Å²) in [4.78, 5) is 109. The molecule has 10 aromatic carbocycles. The van der Waals surface area contributed by atoms with Crippen LogP contribution in [0.1, 0.15) is 245 Å². The first kappa shape index (κ1) is 112. The van der Waals surface area contributed by atoms with Crippen LogP contribution in [0.15, 0.2) is 206 Å². The van der Waals surface area contributed by atoms with Crippen LogP contribution in [0.3, 0.4) is 0 Å². The predicted octanol–water partition coefficient (Wildman–Crippen LogP) is 18.3. The van der Waals surface area contributed by atoms with Gasteiger partial charge in [0.05, 0.1) is 12.6 Å². The number of carbonyl (C=O) groups excluding carboxylic acids is 9. The van der Waals surface area contributed by atoms with E-state index >= 15 is 0 Å². The maximum Gasteiger partial charge on any atom is 0.242 e. The third-order valence-electron chi connectivity index (χ3n) is 21.4. The predicted molar refractivity (Wildman–Crippen MR) is 513 cm³/mol. The van der Waals surface area contributed by atoms with Crippen LogP contribution in [0.4, 0.5) is 0 Å². The molecule has 4 atom stereocenters. The van der Waals surface area contributed by atoms with Gasteiger partial charge in [-0.1, -0.05) is 121 Å². The van der Waals surface area contributed by atoms with Crippen molar-refractivity contribution < 1.29 is 125 Å². The van der Waals surface area contributed by atoms with Gasteiger partial charge >= 0.3 is 0 Å². The van der Waals surface area contributed by atoms with E-state index in [0.717, 1.165) is 102 Å². The molecule has 134 heavy (non-hydrogen) atoms. The molecular weight excluding hydrogens is 1720 g/mol. The third-order valence-corrected chi connectivity index (χ3v) is 21.4. The highest BCUT2D eigenvalue weighted by Gasteiger charge is 2.27. The largest absolute Gasteiger partial charge is 0.504 e. The second kappa shape index (κ2) is 58.5. The summed E-state index contributed by atoms with van der Waals surface area (Å²) in [5.41, 5.74) is 10.8. The smallest absolute Gasteiger partial charge is 0.242 e. The molecule has 1 saturated heterocycles. The van der Waals surface area contributed by atoms with E-state index in [1.54, 1.807) is 37.2 Å². The van der Waals surface area contributed by atoms with E-state index in [-0.39, 0.29) is 145 Å². The van der Waals surface area contributed by atoms with E-state index < -0.39 is 23.5 Å². The van der Waals surface area contributed by atoms with E-state index in [1.165, 1.54) is 140 Å². The highest BCUT2D eigenvalue weighted by Crippen LogP contribution is 2.34. The van der Waals surface area contributed by atoms with Crippen LogP contribution in [0.2, 0.25) is 0 Å². The van der Waals surface area contributed by atoms with Gasteiger partial charge in [-0.15, -0.1) is 0 Å². The number of unbranched alkanes of at least 4 members (excludes halogenated alkanes) is 2. The van der Waals surface area contributed by atoms with Crippen molar-refractivity contribution in [3.63, 3.8) is 0 Å². The summed E-state index contributed by atoms with van der Waals surface area (Å²) in [7, 11) is 5.00. The van der Waals surface area contributed by atoms with E-state index in [1.807, 2.05) is 50.2 Å². The van der Waals surface area contributed by atoms with Crippen molar-refractivity contribution >= 4 is 52.2 Å². The lowest BCUT2D eigenvalue weighted by atomic mass is 9.94. The zero-order valence-corrected chi connectivity index (χ0v) is 77.7. The molecule has 29 heteroatoms. The molecule has 19 N–H and O–H groups in total. The zero-order valence-electron chi connectivity index (χ0n) is 77.7. The van der Waals surface area contributed by atoms with E-state index in [4.69, 9.17) is 41.5 Å². The first-order valence-corrected chi connectivity index (χ1v) is 44.4. The molecule has 11 rings (SSSR count). The summed E-state index contributed by atoms with van der Waals surface area (Å²) >= 11 is 0. The summed E-state index contributed by atoms with van der Waals surface area (Å²) in [5, 5.41) is 150. The molecule has 29 nitrogen and oxygen atoms in total. The number of ketones is 8. The number of carbonyl (C=O) groups is 9. The molecule has 1 amide bonds. The fourth-order valence-corrected chi connectivity index (χ4v) is 13.1. The number of phenolic OH excluding ortho intramolecular Hbond substituents is 16. The monoisotopic (exact) mass is 1850 g/mol. The lowest BCUT2D eigenvalue weighted by Gasteiger charge is -2.31. The Hall–Kier alpha value is -14.3. The van der Waals surface area contributed by atoms with E-state index in [0.29, 0.717) is 88.8 Å². The van der Waals surface area contributed by atoms with Gasteiger partial charge < -0.3 is 97.7 Å². The molecule has 0 radical (unpaired) electrons. The molecular formula is C105H130N4O25. The van der Waals surface area contributed by atoms with Gasteiger partial charge in [0.1, 0.15) is 0 Å². The van der Waals surface area contributed by atoms with E-state index in [9.17, 15) is 89.1 Å². The van der Waals surface area contributed by atoms with Gasteiger partial charge in [-0.05, 0) is 280 Å². The minimum atomic E-state index is -1.15. The number of nitrogens with zero attached hydrogens (tertiary/aromatic N) is 2. The molecule has 0 bridgehead atoms. The maximum atomic E-state index is 12.3. The number of likely N-dealkylation sites (N-methyl/N-ethyl adjacent to an activating group) is 2. The van der Waals surface area contributed by atoms with Crippen molar-refractivity contribution in [1.29, 1.82) is 0 Å². The Bertz CT molecular complexity index is 5440. The fraction of sp³-hybridized carbons (Fsp3) is 0.343. The Balaban J connectivity index is 0.000000322. The number of likely N-dealkylation sites (tertiary alicyclic amines) is 1. The van der Waals surface area contributed by atoms with Gasteiger partial charge in [0, 0.05) is 76.6 Å². The van der Waals surface area contributed by atoms with Gasteiger partial charge in [0.15, 0.2) is 144 Å². The van der Waals surface area contributed by atoms with Crippen LogP contribution in [0.25, 0.3) is 0 Å². The van der Waals surface area contributed by atoms with Crippen molar-refractivity contribution in [3.05, 3.63) is 262 Å². The first-order chi connectivity index (χ1) is 63.5. The molecule has 3 unspecified atom stereocenters. The van der Waals surface area contributed by atoms with E-state index in [2.05, 4.69) is 69.1 Å². The molecule has 720 valence electrons. The van der Waals surface area contributed by atoms with Crippen LogP contribution >= 0.6 is 0 Å². The number of hydrogen-bond donors (Lipinski definition) is 18. The summed E-state index contributed by atoms with van der Waals surface area (Å²) in [6, 6.07) is 51.9.